The minimum absolute atomic E-state index is 0.00252. The molecule has 1 N–H and O–H groups in total. The van der Waals surface area contributed by atoms with Crippen molar-refractivity contribution >= 4 is 17.5 Å². The second-order valence-corrected chi connectivity index (χ2v) is 6.97. The summed E-state index contributed by atoms with van der Waals surface area (Å²) >= 11 is 0. The molecule has 2 amide bonds. The number of nitrogens with zero attached hydrogens (tertiary/aromatic N) is 1. The van der Waals surface area contributed by atoms with Crippen LogP contribution in [-0.4, -0.2) is 38.6 Å². The van der Waals surface area contributed by atoms with Crippen LogP contribution in [0.15, 0.2) is 41.0 Å². The van der Waals surface area contributed by atoms with E-state index >= 15 is 0 Å². The van der Waals surface area contributed by atoms with E-state index in [2.05, 4.69) is 5.32 Å². The predicted octanol–water partition coefficient (Wildman–Crippen LogP) is 2.79. The number of aryl methyl sites for hydroxylation is 1. The average Bonchev–Trinajstić information content (AvgIpc) is 3.35. The van der Waals surface area contributed by atoms with E-state index in [0.717, 1.165) is 18.6 Å². The molecule has 0 bridgehead atoms. The standard InChI is InChI=1S/C21H26N2O5/c1-14(6-7-16-5-4-10-28-16)22-21(25)15-11-20(24)23(13-15)18-9-8-17(26-2)12-19(18)27-3/h4-5,8-10,12,14-15H,6-7,11,13H2,1-3H3,(H,22,25). The summed E-state index contributed by atoms with van der Waals surface area (Å²) in [5.41, 5.74) is 0.648. The van der Waals surface area contributed by atoms with Gasteiger partial charge in [0.05, 0.1) is 32.1 Å². The number of carbonyl (C=O) groups is 2. The van der Waals surface area contributed by atoms with Gasteiger partial charge in [-0.2, -0.15) is 0 Å². The van der Waals surface area contributed by atoms with Crippen molar-refractivity contribution in [3.63, 3.8) is 0 Å². The first-order valence-electron chi connectivity index (χ1n) is 9.37. The molecule has 2 unspecified atom stereocenters. The minimum Gasteiger partial charge on any atom is -0.497 e. The first-order chi connectivity index (χ1) is 13.5. The molecule has 1 saturated heterocycles. The fraction of sp³-hybridized carbons (Fsp3) is 0.429. The lowest BCUT2D eigenvalue weighted by Crippen LogP contribution is -2.38. The Kier molecular flexibility index (Phi) is 6.23. The number of furan rings is 1. The Labute approximate surface area is 164 Å². The summed E-state index contributed by atoms with van der Waals surface area (Å²) in [5.74, 6) is 1.51. The lowest BCUT2D eigenvalue weighted by molar-refractivity contribution is -0.126. The van der Waals surface area contributed by atoms with Gasteiger partial charge in [-0.1, -0.05) is 0 Å². The lowest BCUT2D eigenvalue weighted by atomic mass is 10.1. The quantitative estimate of drug-likeness (QED) is 0.755. The molecule has 2 aromatic rings. The minimum atomic E-state index is -0.384. The summed E-state index contributed by atoms with van der Waals surface area (Å²) in [6.07, 6.45) is 3.36. The Morgan fingerprint density at radius 1 is 1.32 bits per heavy atom. The van der Waals surface area contributed by atoms with E-state index in [1.165, 1.54) is 0 Å². The highest BCUT2D eigenvalue weighted by Gasteiger charge is 2.36. The normalized spacial score (nSPS) is 17.5. The summed E-state index contributed by atoms with van der Waals surface area (Å²) in [6.45, 7) is 2.29. The van der Waals surface area contributed by atoms with Crippen LogP contribution in [0.5, 0.6) is 11.5 Å². The number of hydrogen-bond acceptors (Lipinski definition) is 5. The van der Waals surface area contributed by atoms with Gasteiger partial charge in [0.15, 0.2) is 0 Å². The van der Waals surface area contributed by atoms with Crippen molar-refractivity contribution in [1.29, 1.82) is 0 Å². The molecule has 0 radical (unpaired) electrons. The van der Waals surface area contributed by atoms with Gasteiger partial charge in [-0.25, -0.2) is 0 Å². The van der Waals surface area contributed by atoms with Crippen LogP contribution in [-0.2, 0) is 16.0 Å². The molecule has 1 fully saturated rings. The van der Waals surface area contributed by atoms with Crippen LogP contribution < -0.4 is 19.7 Å². The van der Waals surface area contributed by atoms with Crippen molar-refractivity contribution in [1.82, 2.24) is 5.32 Å². The van der Waals surface area contributed by atoms with Crippen molar-refractivity contribution in [2.45, 2.75) is 32.2 Å². The van der Waals surface area contributed by atoms with Crippen molar-refractivity contribution in [3.8, 4) is 11.5 Å². The number of carbonyl (C=O) groups excluding carboxylic acids is 2. The molecule has 0 saturated carbocycles. The van der Waals surface area contributed by atoms with Crippen LogP contribution in [0.25, 0.3) is 0 Å². The maximum absolute atomic E-state index is 12.6. The van der Waals surface area contributed by atoms with Gasteiger partial charge in [0.25, 0.3) is 0 Å². The van der Waals surface area contributed by atoms with Gasteiger partial charge in [-0.3, -0.25) is 9.59 Å². The van der Waals surface area contributed by atoms with Gasteiger partial charge in [-0.05, 0) is 37.6 Å². The third kappa shape index (κ3) is 4.47. The molecule has 7 heteroatoms. The first-order valence-corrected chi connectivity index (χ1v) is 9.37. The van der Waals surface area contributed by atoms with Gasteiger partial charge in [0, 0.05) is 31.5 Å². The van der Waals surface area contributed by atoms with Crippen molar-refractivity contribution < 1.29 is 23.5 Å². The Balaban J connectivity index is 1.59. The van der Waals surface area contributed by atoms with Gasteiger partial charge in [0.2, 0.25) is 11.8 Å². The fourth-order valence-corrected chi connectivity index (χ4v) is 3.37. The molecular weight excluding hydrogens is 360 g/mol. The zero-order chi connectivity index (χ0) is 20.1. The molecule has 7 nitrogen and oxygen atoms in total. The number of amides is 2. The van der Waals surface area contributed by atoms with Gasteiger partial charge < -0.3 is 24.1 Å². The van der Waals surface area contributed by atoms with Crippen LogP contribution in [0.3, 0.4) is 0 Å². The maximum Gasteiger partial charge on any atom is 0.227 e. The Bertz CT molecular complexity index is 818. The molecular formula is C21H26N2O5. The van der Waals surface area contributed by atoms with E-state index in [1.54, 1.807) is 43.6 Å². The molecule has 1 aliphatic rings. The topological polar surface area (TPSA) is 81.0 Å². The van der Waals surface area contributed by atoms with E-state index in [-0.39, 0.29) is 30.2 Å². The second kappa shape index (κ2) is 8.82. The number of rotatable bonds is 8. The van der Waals surface area contributed by atoms with E-state index in [1.807, 2.05) is 19.1 Å². The number of benzene rings is 1. The fourth-order valence-electron chi connectivity index (χ4n) is 3.37. The third-order valence-corrected chi connectivity index (χ3v) is 4.97. The van der Waals surface area contributed by atoms with Crippen molar-refractivity contribution in [2.24, 2.45) is 5.92 Å². The summed E-state index contributed by atoms with van der Waals surface area (Å²) in [7, 11) is 3.12. The smallest absolute Gasteiger partial charge is 0.227 e. The van der Waals surface area contributed by atoms with E-state index in [0.29, 0.717) is 23.7 Å². The van der Waals surface area contributed by atoms with Crippen LogP contribution in [0.4, 0.5) is 5.69 Å². The number of ether oxygens (including phenoxy) is 2. The van der Waals surface area contributed by atoms with E-state index < -0.39 is 0 Å². The summed E-state index contributed by atoms with van der Waals surface area (Å²) in [6, 6.07) is 9.05. The maximum atomic E-state index is 12.6. The summed E-state index contributed by atoms with van der Waals surface area (Å²) < 4.78 is 15.9. The molecule has 1 aliphatic heterocycles. The third-order valence-electron chi connectivity index (χ3n) is 4.97. The molecule has 2 heterocycles. The molecule has 3 rings (SSSR count). The molecule has 0 spiro atoms. The Morgan fingerprint density at radius 2 is 2.14 bits per heavy atom. The molecule has 1 aromatic heterocycles. The number of methoxy groups -OCH3 is 2. The Morgan fingerprint density at radius 3 is 2.82 bits per heavy atom. The van der Waals surface area contributed by atoms with Crippen LogP contribution in [0, 0.1) is 5.92 Å². The van der Waals surface area contributed by atoms with Crippen LogP contribution in [0.1, 0.15) is 25.5 Å². The second-order valence-electron chi connectivity index (χ2n) is 6.97. The number of hydrogen-bond donors (Lipinski definition) is 1. The zero-order valence-electron chi connectivity index (χ0n) is 16.4. The monoisotopic (exact) mass is 386 g/mol. The highest BCUT2D eigenvalue weighted by molar-refractivity contribution is 6.01. The van der Waals surface area contributed by atoms with Crippen LogP contribution in [0.2, 0.25) is 0 Å². The van der Waals surface area contributed by atoms with Crippen LogP contribution >= 0.6 is 0 Å². The Hall–Kier alpha value is -2.96. The summed E-state index contributed by atoms with van der Waals surface area (Å²) in [5, 5.41) is 3.01. The first kappa shape index (κ1) is 19.8. The zero-order valence-corrected chi connectivity index (χ0v) is 16.4. The molecule has 0 aliphatic carbocycles. The summed E-state index contributed by atoms with van der Waals surface area (Å²) in [4.78, 5) is 26.8. The molecule has 1 aromatic carbocycles. The highest BCUT2D eigenvalue weighted by atomic mass is 16.5. The van der Waals surface area contributed by atoms with E-state index in [4.69, 9.17) is 13.9 Å². The van der Waals surface area contributed by atoms with E-state index in [9.17, 15) is 9.59 Å². The lowest BCUT2D eigenvalue weighted by Gasteiger charge is -2.20. The van der Waals surface area contributed by atoms with Crippen molar-refractivity contribution in [3.05, 3.63) is 42.4 Å². The highest BCUT2D eigenvalue weighted by Crippen LogP contribution is 2.35. The molecule has 28 heavy (non-hydrogen) atoms. The number of nitrogens with one attached hydrogen (secondary N) is 1. The molecule has 150 valence electrons. The predicted molar refractivity (Wildman–Crippen MR) is 105 cm³/mol. The van der Waals surface area contributed by atoms with Gasteiger partial charge in [0.1, 0.15) is 17.3 Å². The largest absolute Gasteiger partial charge is 0.497 e. The van der Waals surface area contributed by atoms with Gasteiger partial charge in [-0.15, -0.1) is 0 Å². The molecule has 2 atom stereocenters. The average molecular weight is 386 g/mol. The van der Waals surface area contributed by atoms with Gasteiger partial charge >= 0.3 is 0 Å². The SMILES string of the molecule is COc1ccc(N2CC(C(=O)NC(C)CCc3ccco3)CC2=O)c(OC)c1. The number of anilines is 1. The van der Waals surface area contributed by atoms with Crippen molar-refractivity contribution in [2.75, 3.05) is 25.7 Å².